The summed E-state index contributed by atoms with van der Waals surface area (Å²) in [5.41, 5.74) is 0. The molecule has 1 fully saturated rings. The van der Waals surface area contributed by atoms with Gasteiger partial charge in [-0.05, 0) is 43.7 Å². The van der Waals surface area contributed by atoms with Gasteiger partial charge in [0.15, 0.2) is 0 Å². The highest BCUT2D eigenvalue weighted by Crippen LogP contribution is 2.34. The predicted octanol–water partition coefficient (Wildman–Crippen LogP) is 3.84. The summed E-state index contributed by atoms with van der Waals surface area (Å²) < 4.78 is 0. The summed E-state index contributed by atoms with van der Waals surface area (Å²) >= 11 is 0. The van der Waals surface area contributed by atoms with Crippen molar-refractivity contribution in [3.8, 4) is 0 Å². The number of rotatable bonds is 6. The highest BCUT2D eigenvalue weighted by Gasteiger charge is 2.21. The van der Waals surface area contributed by atoms with E-state index in [2.05, 4.69) is 26.1 Å². The molecule has 3 unspecified atom stereocenters. The van der Waals surface area contributed by atoms with Crippen LogP contribution in [0.1, 0.15) is 59.3 Å². The summed E-state index contributed by atoms with van der Waals surface area (Å²) in [5.74, 6) is 2.93. The van der Waals surface area contributed by atoms with Crippen LogP contribution in [0.25, 0.3) is 0 Å². The standard InChI is InChI=1S/C14H29N/c1-4-13-7-6-8-14(10-13)9-12(3)11-15-5-2/h12-15H,4-11H2,1-3H3. The molecule has 0 spiro atoms. The average molecular weight is 211 g/mol. The quantitative estimate of drug-likeness (QED) is 0.704. The van der Waals surface area contributed by atoms with E-state index in [0.29, 0.717) is 0 Å². The molecular weight excluding hydrogens is 182 g/mol. The lowest BCUT2D eigenvalue weighted by Gasteiger charge is -2.30. The molecule has 1 N–H and O–H groups in total. The Bertz CT molecular complexity index is 155. The van der Waals surface area contributed by atoms with Crippen molar-refractivity contribution in [1.29, 1.82) is 0 Å². The van der Waals surface area contributed by atoms with Crippen LogP contribution in [0.15, 0.2) is 0 Å². The Hall–Kier alpha value is -0.0400. The van der Waals surface area contributed by atoms with E-state index in [9.17, 15) is 0 Å². The third-order valence-corrected chi connectivity index (χ3v) is 3.95. The highest BCUT2D eigenvalue weighted by molar-refractivity contribution is 4.74. The third kappa shape index (κ3) is 5.01. The minimum atomic E-state index is 0.866. The molecule has 1 heteroatoms. The highest BCUT2D eigenvalue weighted by atomic mass is 14.8. The summed E-state index contributed by atoms with van der Waals surface area (Å²) in [7, 11) is 0. The second-order valence-corrected chi connectivity index (χ2v) is 5.46. The lowest BCUT2D eigenvalue weighted by molar-refractivity contribution is 0.226. The van der Waals surface area contributed by atoms with Crippen LogP contribution in [0.3, 0.4) is 0 Å². The van der Waals surface area contributed by atoms with Crippen molar-refractivity contribution >= 4 is 0 Å². The van der Waals surface area contributed by atoms with E-state index in [-0.39, 0.29) is 0 Å². The van der Waals surface area contributed by atoms with Gasteiger partial charge in [0.25, 0.3) is 0 Å². The molecule has 0 amide bonds. The molecule has 0 radical (unpaired) electrons. The predicted molar refractivity (Wildman–Crippen MR) is 68.1 cm³/mol. The molecule has 1 aliphatic rings. The molecule has 0 aliphatic heterocycles. The van der Waals surface area contributed by atoms with Gasteiger partial charge in [0.2, 0.25) is 0 Å². The fourth-order valence-corrected chi connectivity index (χ4v) is 3.03. The zero-order valence-corrected chi connectivity index (χ0v) is 10.9. The van der Waals surface area contributed by atoms with Gasteiger partial charge in [0.05, 0.1) is 0 Å². The Kier molecular flexibility index (Phi) is 6.31. The van der Waals surface area contributed by atoms with E-state index >= 15 is 0 Å². The minimum absolute atomic E-state index is 0.866. The molecule has 0 aromatic rings. The van der Waals surface area contributed by atoms with Gasteiger partial charge in [-0.15, -0.1) is 0 Å². The van der Waals surface area contributed by atoms with Gasteiger partial charge in [-0.2, -0.15) is 0 Å². The van der Waals surface area contributed by atoms with Gasteiger partial charge in [-0.25, -0.2) is 0 Å². The van der Waals surface area contributed by atoms with Crippen molar-refractivity contribution in [2.75, 3.05) is 13.1 Å². The maximum Gasteiger partial charge on any atom is -0.00232 e. The van der Waals surface area contributed by atoms with E-state index in [4.69, 9.17) is 0 Å². The molecular formula is C14H29N. The summed E-state index contributed by atoms with van der Waals surface area (Å²) in [6, 6.07) is 0. The van der Waals surface area contributed by atoms with E-state index in [1.165, 1.54) is 45.1 Å². The Morgan fingerprint density at radius 2 is 1.93 bits per heavy atom. The zero-order valence-electron chi connectivity index (χ0n) is 10.9. The maximum atomic E-state index is 3.46. The van der Waals surface area contributed by atoms with Crippen molar-refractivity contribution in [2.45, 2.75) is 59.3 Å². The van der Waals surface area contributed by atoms with E-state index in [0.717, 1.165) is 24.3 Å². The lowest BCUT2D eigenvalue weighted by atomic mass is 9.77. The molecule has 0 saturated heterocycles. The molecule has 3 atom stereocenters. The molecule has 15 heavy (non-hydrogen) atoms. The maximum absolute atomic E-state index is 3.46. The van der Waals surface area contributed by atoms with Gasteiger partial charge >= 0.3 is 0 Å². The van der Waals surface area contributed by atoms with Crippen molar-refractivity contribution < 1.29 is 0 Å². The van der Waals surface area contributed by atoms with Crippen LogP contribution in [0, 0.1) is 17.8 Å². The zero-order chi connectivity index (χ0) is 11.1. The van der Waals surface area contributed by atoms with Gasteiger partial charge in [-0.1, -0.05) is 46.5 Å². The molecule has 1 rings (SSSR count). The minimum Gasteiger partial charge on any atom is -0.317 e. The topological polar surface area (TPSA) is 12.0 Å². The summed E-state index contributed by atoms with van der Waals surface area (Å²) in [4.78, 5) is 0. The SMILES string of the molecule is CCNCC(C)CC1CCCC(CC)C1. The third-order valence-electron chi connectivity index (χ3n) is 3.95. The van der Waals surface area contributed by atoms with Crippen molar-refractivity contribution in [3.05, 3.63) is 0 Å². The van der Waals surface area contributed by atoms with E-state index in [1.54, 1.807) is 0 Å². The Morgan fingerprint density at radius 3 is 2.60 bits per heavy atom. The Labute approximate surface area is 96.0 Å². The van der Waals surface area contributed by atoms with Crippen LogP contribution in [-0.4, -0.2) is 13.1 Å². The smallest absolute Gasteiger partial charge is 0.00232 e. The fourth-order valence-electron chi connectivity index (χ4n) is 3.03. The molecule has 1 aliphatic carbocycles. The van der Waals surface area contributed by atoms with E-state index < -0.39 is 0 Å². The number of nitrogens with one attached hydrogen (secondary N) is 1. The van der Waals surface area contributed by atoms with Gasteiger partial charge in [0.1, 0.15) is 0 Å². The summed E-state index contributed by atoms with van der Waals surface area (Å²) in [6.45, 7) is 9.28. The molecule has 0 aromatic heterocycles. The van der Waals surface area contributed by atoms with Crippen molar-refractivity contribution in [1.82, 2.24) is 5.32 Å². The first kappa shape index (κ1) is 13.0. The van der Waals surface area contributed by atoms with Gasteiger partial charge in [0, 0.05) is 0 Å². The molecule has 0 bridgehead atoms. The Morgan fingerprint density at radius 1 is 1.20 bits per heavy atom. The molecule has 1 saturated carbocycles. The average Bonchev–Trinajstić information content (AvgIpc) is 2.26. The largest absolute Gasteiger partial charge is 0.317 e. The second kappa shape index (κ2) is 7.27. The van der Waals surface area contributed by atoms with Crippen LogP contribution in [0.2, 0.25) is 0 Å². The lowest BCUT2D eigenvalue weighted by Crippen LogP contribution is -2.24. The first-order valence-corrected chi connectivity index (χ1v) is 6.96. The normalized spacial score (nSPS) is 29.0. The van der Waals surface area contributed by atoms with Crippen LogP contribution in [-0.2, 0) is 0 Å². The molecule has 1 nitrogen and oxygen atoms in total. The van der Waals surface area contributed by atoms with Gasteiger partial charge in [-0.3, -0.25) is 0 Å². The fraction of sp³-hybridized carbons (Fsp3) is 1.00. The molecule has 0 heterocycles. The van der Waals surface area contributed by atoms with Crippen molar-refractivity contribution in [3.63, 3.8) is 0 Å². The number of hydrogen-bond donors (Lipinski definition) is 1. The first-order chi connectivity index (χ1) is 7.26. The summed E-state index contributed by atoms with van der Waals surface area (Å²) in [5, 5.41) is 3.46. The summed E-state index contributed by atoms with van der Waals surface area (Å²) in [6.07, 6.45) is 8.83. The van der Waals surface area contributed by atoms with Crippen molar-refractivity contribution in [2.24, 2.45) is 17.8 Å². The Balaban J connectivity index is 2.19. The first-order valence-electron chi connectivity index (χ1n) is 6.96. The molecule has 90 valence electrons. The monoisotopic (exact) mass is 211 g/mol. The van der Waals surface area contributed by atoms with Gasteiger partial charge < -0.3 is 5.32 Å². The molecule has 0 aromatic carbocycles. The second-order valence-electron chi connectivity index (χ2n) is 5.46. The van der Waals surface area contributed by atoms with Crippen LogP contribution in [0.4, 0.5) is 0 Å². The van der Waals surface area contributed by atoms with Crippen LogP contribution in [0.5, 0.6) is 0 Å². The van der Waals surface area contributed by atoms with Crippen LogP contribution >= 0.6 is 0 Å². The van der Waals surface area contributed by atoms with E-state index in [1.807, 2.05) is 0 Å². The number of hydrogen-bond acceptors (Lipinski definition) is 1. The van der Waals surface area contributed by atoms with Crippen LogP contribution < -0.4 is 5.32 Å².